The zero-order valence-electron chi connectivity index (χ0n) is 8.03. The smallest absolute Gasteiger partial charge is 0.406 e. The molecular formula is C9H4ClF3N2OS. The first-order chi connectivity index (χ1) is 7.94. The minimum absolute atomic E-state index is 0.274. The molecule has 0 spiro atoms. The van der Waals surface area contributed by atoms with Gasteiger partial charge in [0.2, 0.25) is 4.47 Å². The highest BCUT2D eigenvalue weighted by Crippen LogP contribution is 2.26. The fourth-order valence-corrected chi connectivity index (χ4v) is 1.75. The van der Waals surface area contributed by atoms with Crippen molar-refractivity contribution < 1.29 is 17.9 Å². The Morgan fingerprint density at radius 2 is 1.82 bits per heavy atom. The van der Waals surface area contributed by atoms with E-state index in [4.69, 9.17) is 11.6 Å². The summed E-state index contributed by atoms with van der Waals surface area (Å²) in [5, 5.41) is 0. The summed E-state index contributed by atoms with van der Waals surface area (Å²) in [5.41, 5.74) is 0.572. The number of ether oxygens (including phenoxy) is 1. The lowest BCUT2D eigenvalue weighted by Crippen LogP contribution is -2.16. The molecule has 0 fully saturated rings. The molecule has 0 aliphatic carbocycles. The van der Waals surface area contributed by atoms with Crippen LogP contribution in [0.3, 0.4) is 0 Å². The van der Waals surface area contributed by atoms with Gasteiger partial charge >= 0.3 is 6.36 Å². The fraction of sp³-hybridized carbons (Fsp3) is 0.111. The summed E-state index contributed by atoms with van der Waals surface area (Å²) in [5.74, 6) is 0.0844. The van der Waals surface area contributed by atoms with Gasteiger partial charge in [0.1, 0.15) is 5.75 Å². The molecule has 0 aliphatic heterocycles. The van der Waals surface area contributed by atoms with E-state index in [-0.39, 0.29) is 10.2 Å². The summed E-state index contributed by atoms with van der Waals surface area (Å²) >= 11 is 6.61. The molecule has 1 aromatic heterocycles. The second-order valence-corrected chi connectivity index (χ2v) is 4.28. The van der Waals surface area contributed by atoms with Crippen LogP contribution in [0.4, 0.5) is 13.2 Å². The quantitative estimate of drug-likeness (QED) is 0.840. The van der Waals surface area contributed by atoms with Gasteiger partial charge in [-0.05, 0) is 47.4 Å². The summed E-state index contributed by atoms with van der Waals surface area (Å²) < 4.78 is 43.6. The van der Waals surface area contributed by atoms with Gasteiger partial charge in [-0.1, -0.05) is 0 Å². The highest BCUT2D eigenvalue weighted by Gasteiger charge is 2.30. The largest absolute Gasteiger partial charge is 0.573 e. The van der Waals surface area contributed by atoms with Crippen molar-refractivity contribution in [3.05, 3.63) is 28.7 Å². The maximum atomic E-state index is 11.9. The number of benzene rings is 1. The standard InChI is InChI=1S/C9H4ClF3N2OS/c10-8-14-7(15-17-8)5-1-3-6(4-2-5)16-9(11,12)13/h1-4H. The minimum atomic E-state index is -4.69. The SMILES string of the molecule is FC(F)(F)Oc1ccc(-c2nsc(Cl)n2)cc1. The predicted octanol–water partition coefficient (Wildman–Crippen LogP) is 3.76. The number of aromatic nitrogens is 2. The van der Waals surface area contributed by atoms with Crippen molar-refractivity contribution in [2.45, 2.75) is 6.36 Å². The van der Waals surface area contributed by atoms with Gasteiger partial charge in [-0.3, -0.25) is 0 Å². The lowest BCUT2D eigenvalue weighted by molar-refractivity contribution is -0.274. The zero-order valence-corrected chi connectivity index (χ0v) is 9.60. The summed E-state index contributed by atoms with van der Waals surface area (Å²) in [4.78, 5) is 3.89. The Balaban J connectivity index is 2.19. The maximum Gasteiger partial charge on any atom is 0.573 e. The molecular weight excluding hydrogens is 277 g/mol. The van der Waals surface area contributed by atoms with Crippen molar-refractivity contribution in [3.8, 4) is 17.1 Å². The molecule has 0 saturated heterocycles. The average molecular weight is 281 g/mol. The second kappa shape index (κ2) is 4.50. The Morgan fingerprint density at radius 3 is 2.29 bits per heavy atom. The zero-order chi connectivity index (χ0) is 12.5. The van der Waals surface area contributed by atoms with Gasteiger partial charge in [0, 0.05) is 5.56 Å². The summed E-state index contributed by atoms with van der Waals surface area (Å²) in [6, 6.07) is 5.24. The third kappa shape index (κ3) is 3.31. The third-order valence-electron chi connectivity index (χ3n) is 1.75. The molecule has 3 nitrogen and oxygen atoms in total. The highest BCUT2D eigenvalue weighted by molar-refractivity contribution is 7.10. The molecule has 1 heterocycles. The number of rotatable bonds is 2. The molecule has 8 heteroatoms. The van der Waals surface area contributed by atoms with E-state index in [0.29, 0.717) is 11.4 Å². The van der Waals surface area contributed by atoms with Crippen LogP contribution in [0.15, 0.2) is 24.3 Å². The first kappa shape index (κ1) is 12.1. The molecule has 90 valence electrons. The first-order valence-corrected chi connectivity index (χ1v) is 5.44. The molecule has 17 heavy (non-hydrogen) atoms. The molecule has 2 rings (SSSR count). The molecule has 0 unspecified atom stereocenters. The highest BCUT2D eigenvalue weighted by atomic mass is 35.5. The van der Waals surface area contributed by atoms with E-state index in [2.05, 4.69) is 14.1 Å². The van der Waals surface area contributed by atoms with Gasteiger partial charge in [0.25, 0.3) is 0 Å². The van der Waals surface area contributed by atoms with Crippen LogP contribution >= 0.6 is 23.1 Å². The summed E-state index contributed by atoms with van der Waals surface area (Å²) in [7, 11) is 0. The van der Waals surface area contributed by atoms with Crippen molar-refractivity contribution >= 4 is 23.1 Å². The Kier molecular flexibility index (Phi) is 3.21. The van der Waals surface area contributed by atoms with Crippen LogP contribution in [0, 0.1) is 0 Å². The van der Waals surface area contributed by atoms with Gasteiger partial charge in [-0.2, -0.15) is 4.37 Å². The van der Waals surface area contributed by atoms with E-state index in [9.17, 15) is 13.2 Å². The van der Waals surface area contributed by atoms with Crippen molar-refractivity contribution in [1.82, 2.24) is 9.36 Å². The van der Waals surface area contributed by atoms with Crippen LogP contribution in [0.1, 0.15) is 0 Å². The second-order valence-electron chi connectivity index (χ2n) is 2.94. The van der Waals surface area contributed by atoms with E-state index in [0.717, 1.165) is 11.5 Å². The van der Waals surface area contributed by atoms with Crippen LogP contribution in [-0.4, -0.2) is 15.7 Å². The van der Waals surface area contributed by atoms with Crippen LogP contribution in [0.2, 0.25) is 4.47 Å². The van der Waals surface area contributed by atoms with E-state index in [1.807, 2.05) is 0 Å². The van der Waals surface area contributed by atoms with Crippen molar-refractivity contribution in [2.24, 2.45) is 0 Å². The predicted molar refractivity (Wildman–Crippen MR) is 57.0 cm³/mol. The van der Waals surface area contributed by atoms with Crippen LogP contribution in [-0.2, 0) is 0 Å². The summed E-state index contributed by atoms with van der Waals surface area (Å²) in [6.07, 6.45) is -4.69. The molecule has 0 atom stereocenters. The normalized spacial score (nSPS) is 11.5. The molecule has 0 N–H and O–H groups in total. The van der Waals surface area contributed by atoms with E-state index in [1.54, 1.807) is 0 Å². The fourth-order valence-electron chi connectivity index (χ4n) is 1.13. The molecule has 0 saturated carbocycles. The Morgan fingerprint density at radius 1 is 1.18 bits per heavy atom. The van der Waals surface area contributed by atoms with Crippen molar-refractivity contribution in [1.29, 1.82) is 0 Å². The van der Waals surface area contributed by atoms with Gasteiger partial charge in [0.15, 0.2) is 5.82 Å². The molecule has 1 aromatic carbocycles. The molecule has 0 amide bonds. The lowest BCUT2D eigenvalue weighted by Gasteiger charge is -2.08. The Bertz CT molecular complexity index is 512. The molecule has 0 radical (unpaired) electrons. The van der Waals surface area contributed by atoms with Crippen LogP contribution in [0.5, 0.6) is 5.75 Å². The van der Waals surface area contributed by atoms with E-state index < -0.39 is 6.36 Å². The molecule has 0 bridgehead atoms. The Labute approximate surface area is 103 Å². The number of nitrogens with zero attached hydrogens (tertiary/aromatic N) is 2. The van der Waals surface area contributed by atoms with Gasteiger partial charge in [-0.15, -0.1) is 13.2 Å². The van der Waals surface area contributed by atoms with E-state index in [1.165, 1.54) is 24.3 Å². The summed E-state index contributed by atoms with van der Waals surface area (Å²) in [6.45, 7) is 0. The topological polar surface area (TPSA) is 35.0 Å². The number of halogens is 4. The molecule has 0 aliphatic rings. The first-order valence-electron chi connectivity index (χ1n) is 4.29. The maximum absolute atomic E-state index is 11.9. The van der Waals surface area contributed by atoms with E-state index >= 15 is 0 Å². The van der Waals surface area contributed by atoms with Gasteiger partial charge in [-0.25, -0.2) is 4.98 Å². The molecule has 2 aromatic rings. The van der Waals surface area contributed by atoms with Gasteiger partial charge < -0.3 is 4.74 Å². The van der Waals surface area contributed by atoms with Crippen molar-refractivity contribution in [2.75, 3.05) is 0 Å². The number of hydrogen-bond acceptors (Lipinski definition) is 4. The van der Waals surface area contributed by atoms with Crippen LogP contribution in [0.25, 0.3) is 11.4 Å². The Hall–Kier alpha value is -1.34. The number of hydrogen-bond donors (Lipinski definition) is 0. The monoisotopic (exact) mass is 280 g/mol. The average Bonchev–Trinajstić information content (AvgIpc) is 2.63. The third-order valence-corrected chi connectivity index (χ3v) is 2.55. The lowest BCUT2D eigenvalue weighted by atomic mass is 10.2. The number of alkyl halides is 3. The van der Waals surface area contributed by atoms with Crippen molar-refractivity contribution in [3.63, 3.8) is 0 Å². The minimum Gasteiger partial charge on any atom is -0.406 e. The van der Waals surface area contributed by atoms with Gasteiger partial charge in [0.05, 0.1) is 0 Å². The van der Waals surface area contributed by atoms with Crippen LogP contribution < -0.4 is 4.74 Å².